The maximum absolute atomic E-state index is 10.3. The third kappa shape index (κ3) is 6.58. The first-order valence-electron chi connectivity index (χ1n) is 5.30. The third-order valence-corrected chi connectivity index (χ3v) is 3.38. The van der Waals surface area contributed by atoms with Crippen LogP contribution in [0.2, 0.25) is 0 Å². The lowest BCUT2D eigenvalue weighted by Gasteiger charge is -2.21. The number of aliphatic carboxylic acids is 2. The maximum atomic E-state index is 10.3. The van der Waals surface area contributed by atoms with E-state index in [4.69, 9.17) is 21.7 Å². The van der Waals surface area contributed by atoms with Crippen molar-refractivity contribution in [2.45, 2.75) is 30.7 Å². The average molecular weight is 306 g/mol. The largest absolute Gasteiger partial charge is 0.480 e. The van der Waals surface area contributed by atoms with Gasteiger partial charge in [-0.2, -0.15) is 12.6 Å². The molecule has 1 aromatic rings. The molecule has 8 heteroatoms. The predicted molar refractivity (Wildman–Crippen MR) is 77.6 cm³/mol. The topological polar surface area (TPSA) is 127 Å². The number of carboxylic acids is 2. The number of nitrogens with two attached hydrogens (primary N) is 2. The lowest BCUT2D eigenvalue weighted by Crippen LogP contribution is -2.45. The molecule has 6 N–H and O–H groups in total. The van der Waals surface area contributed by atoms with Crippen molar-refractivity contribution in [1.82, 2.24) is 0 Å². The molecule has 19 heavy (non-hydrogen) atoms. The quantitative estimate of drug-likeness (QED) is 0.527. The summed E-state index contributed by atoms with van der Waals surface area (Å²) in [6.07, 6.45) is 0. The maximum Gasteiger partial charge on any atom is 0.325 e. The lowest BCUT2D eigenvalue weighted by molar-refractivity contribution is -0.139. The Morgan fingerprint density at radius 2 is 1.84 bits per heavy atom. The van der Waals surface area contributed by atoms with Gasteiger partial charge < -0.3 is 21.7 Å². The molecular formula is C11H18N2O4S2. The monoisotopic (exact) mass is 306 g/mol. The summed E-state index contributed by atoms with van der Waals surface area (Å²) in [5.74, 6) is -2.00. The van der Waals surface area contributed by atoms with Crippen LogP contribution in [0.4, 0.5) is 0 Å². The van der Waals surface area contributed by atoms with E-state index in [0.29, 0.717) is 4.88 Å². The summed E-state index contributed by atoms with van der Waals surface area (Å²) in [5.41, 5.74) is 10.5. The average Bonchev–Trinajstić information content (AvgIpc) is 2.79. The highest BCUT2D eigenvalue weighted by atomic mass is 32.1. The van der Waals surface area contributed by atoms with Crippen molar-refractivity contribution in [3.63, 3.8) is 0 Å². The molecular weight excluding hydrogens is 288 g/mol. The van der Waals surface area contributed by atoms with Crippen LogP contribution in [0.1, 0.15) is 24.8 Å². The highest BCUT2D eigenvalue weighted by molar-refractivity contribution is 7.81. The minimum atomic E-state index is -1.02. The molecule has 0 spiro atoms. The first-order valence-corrected chi connectivity index (χ1v) is 6.62. The molecule has 0 aliphatic rings. The third-order valence-electron chi connectivity index (χ3n) is 2.14. The Morgan fingerprint density at radius 3 is 2.05 bits per heavy atom. The minimum Gasteiger partial charge on any atom is -0.480 e. The van der Waals surface area contributed by atoms with Gasteiger partial charge in [-0.3, -0.25) is 9.59 Å². The van der Waals surface area contributed by atoms with E-state index in [2.05, 4.69) is 12.6 Å². The smallest absolute Gasteiger partial charge is 0.325 e. The Balaban J connectivity index is 0.000000344. The summed E-state index contributed by atoms with van der Waals surface area (Å²) in [5, 5.41) is 18.6. The van der Waals surface area contributed by atoms with Crippen molar-refractivity contribution in [2.75, 3.05) is 0 Å². The van der Waals surface area contributed by atoms with E-state index in [0.717, 1.165) is 0 Å². The summed E-state index contributed by atoms with van der Waals surface area (Å²) in [6, 6.07) is 1.73. The summed E-state index contributed by atoms with van der Waals surface area (Å²) in [4.78, 5) is 21.1. The number of thiol groups is 1. The van der Waals surface area contributed by atoms with E-state index in [1.165, 1.54) is 11.3 Å². The predicted octanol–water partition coefficient (Wildman–Crippen LogP) is 0.939. The van der Waals surface area contributed by atoms with Crippen molar-refractivity contribution in [3.05, 3.63) is 22.4 Å². The van der Waals surface area contributed by atoms with Gasteiger partial charge in [0.1, 0.15) is 12.1 Å². The van der Waals surface area contributed by atoms with Crippen molar-refractivity contribution in [2.24, 2.45) is 11.5 Å². The molecule has 0 aromatic carbocycles. The van der Waals surface area contributed by atoms with Crippen LogP contribution in [0.3, 0.4) is 0 Å². The molecule has 0 saturated carbocycles. The molecule has 2 atom stereocenters. The summed E-state index contributed by atoms with van der Waals surface area (Å²) in [7, 11) is 0. The normalized spacial score (nSPS) is 13.9. The Morgan fingerprint density at radius 1 is 1.32 bits per heavy atom. The van der Waals surface area contributed by atoms with Gasteiger partial charge in [0.25, 0.3) is 0 Å². The molecule has 0 aliphatic heterocycles. The van der Waals surface area contributed by atoms with Gasteiger partial charge in [0.05, 0.1) is 0 Å². The second-order valence-electron chi connectivity index (χ2n) is 4.30. The zero-order valence-corrected chi connectivity index (χ0v) is 12.3. The number of carboxylic acid groups (broad SMARTS) is 2. The van der Waals surface area contributed by atoms with Gasteiger partial charge in [-0.25, -0.2) is 0 Å². The van der Waals surface area contributed by atoms with Gasteiger partial charge >= 0.3 is 11.9 Å². The Kier molecular flexibility index (Phi) is 7.06. The second kappa shape index (κ2) is 7.49. The Bertz CT molecular complexity index is 415. The first-order chi connectivity index (χ1) is 8.57. The second-order valence-corrected chi connectivity index (χ2v) is 6.43. The van der Waals surface area contributed by atoms with E-state index < -0.39 is 28.8 Å². The summed E-state index contributed by atoms with van der Waals surface area (Å²) < 4.78 is -0.647. The van der Waals surface area contributed by atoms with Gasteiger partial charge in [0.15, 0.2) is 0 Å². The van der Waals surface area contributed by atoms with Gasteiger partial charge in [0.2, 0.25) is 0 Å². The van der Waals surface area contributed by atoms with Gasteiger partial charge in [-0.05, 0) is 25.3 Å². The number of rotatable bonds is 4. The van der Waals surface area contributed by atoms with Crippen molar-refractivity contribution < 1.29 is 19.8 Å². The van der Waals surface area contributed by atoms with E-state index in [1.54, 1.807) is 31.4 Å². The van der Waals surface area contributed by atoms with Gasteiger partial charge in [-0.15, -0.1) is 11.3 Å². The molecule has 6 nitrogen and oxygen atoms in total. The molecule has 1 aromatic heterocycles. The highest BCUT2D eigenvalue weighted by Crippen LogP contribution is 2.16. The number of carbonyl (C=O) groups is 2. The Labute approximate surface area is 120 Å². The molecule has 0 aliphatic carbocycles. The fraction of sp³-hybridized carbons (Fsp3) is 0.455. The van der Waals surface area contributed by atoms with Crippen LogP contribution >= 0.6 is 24.0 Å². The van der Waals surface area contributed by atoms with Gasteiger partial charge in [0, 0.05) is 9.62 Å². The zero-order valence-electron chi connectivity index (χ0n) is 10.6. The SMILES string of the molecule is CC(C)(S)[C@H](N)C(=O)O.NC(C(=O)O)c1cccs1. The first kappa shape index (κ1) is 17.9. The highest BCUT2D eigenvalue weighted by Gasteiger charge is 2.27. The molecule has 0 amide bonds. The summed E-state index contributed by atoms with van der Waals surface area (Å²) >= 11 is 5.34. The van der Waals surface area contributed by atoms with Crippen LogP contribution in [-0.4, -0.2) is 32.9 Å². The van der Waals surface area contributed by atoms with Crippen molar-refractivity contribution in [1.29, 1.82) is 0 Å². The molecule has 108 valence electrons. The zero-order chi connectivity index (χ0) is 15.2. The molecule has 0 saturated heterocycles. The molecule has 1 rings (SSSR count). The van der Waals surface area contributed by atoms with Crippen LogP contribution in [0.25, 0.3) is 0 Å². The fourth-order valence-corrected chi connectivity index (χ4v) is 1.72. The van der Waals surface area contributed by atoms with Crippen molar-refractivity contribution >= 4 is 35.9 Å². The molecule has 0 fully saturated rings. The molecule has 0 radical (unpaired) electrons. The van der Waals surface area contributed by atoms with Crippen LogP contribution in [0.5, 0.6) is 0 Å². The van der Waals surface area contributed by atoms with Crippen LogP contribution in [0, 0.1) is 0 Å². The number of thiophene rings is 1. The van der Waals surface area contributed by atoms with Gasteiger partial charge in [-0.1, -0.05) is 6.07 Å². The minimum absolute atomic E-state index is 0.647. The van der Waals surface area contributed by atoms with E-state index in [1.807, 2.05) is 0 Å². The standard InChI is InChI=1S/C6H7NO2S.C5H11NO2S/c7-5(6(8)9)4-2-1-3-10-4;1-5(2,9)3(6)4(7)8/h1-3,5H,7H2,(H,8,9);3,9H,6H2,1-2H3,(H,7,8)/t;3-/m.1/s1. The van der Waals surface area contributed by atoms with Crippen molar-refractivity contribution in [3.8, 4) is 0 Å². The van der Waals surface area contributed by atoms with Crippen LogP contribution < -0.4 is 11.5 Å². The van der Waals surface area contributed by atoms with E-state index in [-0.39, 0.29) is 0 Å². The number of hydrogen-bond donors (Lipinski definition) is 5. The molecule has 0 bridgehead atoms. The molecule has 1 unspecified atom stereocenters. The lowest BCUT2D eigenvalue weighted by atomic mass is 10.1. The van der Waals surface area contributed by atoms with E-state index in [9.17, 15) is 9.59 Å². The van der Waals surface area contributed by atoms with Crippen LogP contribution in [0.15, 0.2) is 17.5 Å². The van der Waals surface area contributed by atoms with Crippen LogP contribution in [-0.2, 0) is 9.59 Å². The summed E-state index contributed by atoms with van der Waals surface area (Å²) in [6.45, 7) is 3.32. The fourth-order valence-electron chi connectivity index (χ4n) is 0.892. The van der Waals surface area contributed by atoms with E-state index >= 15 is 0 Å². The Hall–Kier alpha value is -1.09. The number of hydrogen-bond acceptors (Lipinski definition) is 6. The molecule has 1 heterocycles.